The van der Waals surface area contributed by atoms with Crippen LogP contribution in [0.4, 0.5) is 0 Å². The molecule has 0 radical (unpaired) electrons. The van der Waals surface area contributed by atoms with Crippen LogP contribution >= 0.6 is 12.2 Å². The summed E-state index contributed by atoms with van der Waals surface area (Å²) in [5.74, 6) is 0.620. The maximum absolute atomic E-state index is 5.16. The van der Waals surface area contributed by atoms with Crippen molar-refractivity contribution >= 4 is 17.3 Å². The molecule has 4 nitrogen and oxygen atoms in total. The van der Waals surface area contributed by atoms with Crippen LogP contribution in [0.25, 0.3) is 0 Å². The minimum absolute atomic E-state index is 0.620. The van der Waals surface area contributed by atoms with E-state index in [0.29, 0.717) is 17.5 Å². The van der Waals surface area contributed by atoms with Crippen LogP contribution in [0.3, 0.4) is 0 Å². The molecule has 5 heteroatoms. The van der Waals surface area contributed by atoms with Crippen LogP contribution in [0.15, 0.2) is 18.3 Å². The first-order valence-electron chi connectivity index (χ1n) is 5.77. The zero-order valence-corrected chi connectivity index (χ0v) is 11.1. The van der Waals surface area contributed by atoms with Crippen molar-refractivity contribution in [3.05, 3.63) is 23.9 Å². The van der Waals surface area contributed by atoms with Gasteiger partial charge >= 0.3 is 0 Å². The summed E-state index contributed by atoms with van der Waals surface area (Å²) in [5.41, 5.74) is 1.09. The lowest BCUT2D eigenvalue weighted by atomic mass is 10.2. The average Bonchev–Trinajstić information content (AvgIpc) is 2.37. The Morgan fingerprint density at radius 3 is 3.00 bits per heavy atom. The van der Waals surface area contributed by atoms with Crippen LogP contribution in [0.1, 0.15) is 25.3 Å². The number of unbranched alkanes of at least 4 members (excludes halogenated alkanes) is 1. The zero-order valence-electron chi connectivity index (χ0n) is 10.3. The van der Waals surface area contributed by atoms with Gasteiger partial charge in [-0.15, -0.1) is 0 Å². The van der Waals surface area contributed by atoms with Gasteiger partial charge in [-0.3, -0.25) is 0 Å². The molecule has 1 heterocycles. The number of rotatable bonds is 6. The Hall–Kier alpha value is -1.36. The first kappa shape index (κ1) is 13.7. The van der Waals surface area contributed by atoms with Crippen LogP contribution in [-0.4, -0.2) is 23.8 Å². The number of hydrogen-bond donors (Lipinski definition) is 2. The highest BCUT2D eigenvalue weighted by Crippen LogP contribution is 2.07. The molecule has 0 bridgehead atoms. The molecule has 1 aromatic rings. The smallest absolute Gasteiger partial charge is 0.213 e. The first-order chi connectivity index (χ1) is 8.26. The van der Waals surface area contributed by atoms with E-state index >= 15 is 0 Å². The lowest BCUT2D eigenvalue weighted by molar-refractivity contribution is 0.397. The third-order valence-corrected chi connectivity index (χ3v) is 2.57. The second-order valence-corrected chi connectivity index (χ2v) is 4.08. The second kappa shape index (κ2) is 7.84. The molecule has 0 aliphatic heterocycles. The van der Waals surface area contributed by atoms with Gasteiger partial charge in [-0.25, -0.2) is 4.98 Å². The van der Waals surface area contributed by atoms with Crippen LogP contribution in [0.2, 0.25) is 0 Å². The number of nitrogens with one attached hydrogen (secondary N) is 2. The quantitative estimate of drug-likeness (QED) is 0.598. The van der Waals surface area contributed by atoms with E-state index < -0.39 is 0 Å². The molecule has 1 rings (SSSR count). The normalized spacial score (nSPS) is 9.76. The van der Waals surface area contributed by atoms with Crippen LogP contribution < -0.4 is 15.4 Å². The van der Waals surface area contributed by atoms with Gasteiger partial charge in [0.1, 0.15) is 0 Å². The third kappa shape index (κ3) is 5.49. The number of methoxy groups -OCH3 is 1. The SMILES string of the molecule is CCCCNC(=S)NCc1ccnc(OC)c1. The molecule has 0 aliphatic carbocycles. The van der Waals surface area contributed by atoms with Gasteiger partial charge in [0.05, 0.1) is 7.11 Å². The summed E-state index contributed by atoms with van der Waals surface area (Å²) in [6.45, 7) is 3.75. The lowest BCUT2D eigenvalue weighted by Crippen LogP contribution is -2.35. The van der Waals surface area contributed by atoms with Gasteiger partial charge < -0.3 is 15.4 Å². The minimum atomic E-state index is 0.620. The Labute approximate surface area is 108 Å². The predicted octanol–water partition coefficient (Wildman–Crippen LogP) is 1.85. The maximum atomic E-state index is 5.16. The molecule has 0 spiro atoms. The number of thiocarbonyl (C=S) groups is 1. The fraction of sp³-hybridized carbons (Fsp3) is 0.500. The van der Waals surface area contributed by atoms with Gasteiger partial charge in [0, 0.05) is 25.4 Å². The predicted molar refractivity (Wildman–Crippen MR) is 73.1 cm³/mol. The largest absolute Gasteiger partial charge is 0.481 e. The molecule has 0 aromatic carbocycles. The van der Waals surface area contributed by atoms with Gasteiger partial charge in [-0.05, 0) is 30.3 Å². The monoisotopic (exact) mass is 253 g/mol. The number of ether oxygens (including phenoxy) is 1. The molecule has 0 aliphatic rings. The van der Waals surface area contributed by atoms with Crippen molar-refractivity contribution in [2.45, 2.75) is 26.3 Å². The Balaban J connectivity index is 2.31. The van der Waals surface area contributed by atoms with Crippen LogP contribution in [0.5, 0.6) is 5.88 Å². The van der Waals surface area contributed by atoms with Crippen molar-refractivity contribution in [3.63, 3.8) is 0 Å². The molecule has 0 saturated carbocycles. The van der Waals surface area contributed by atoms with Crippen molar-refractivity contribution < 1.29 is 4.74 Å². The minimum Gasteiger partial charge on any atom is -0.481 e. The van der Waals surface area contributed by atoms with Crippen molar-refractivity contribution in [1.82, 2.24) is 15.6 Å². The molecular formula is C12H19N3OS. The highest BCUT2D eigenvalue weighted by Gasteiger charge is 1.98. The Bertz CT molecular complexity index is 357. The molecule has 94 valence electrons. The van der Waals surface area contributed by atoms with Gasteiger partial charge in [-0.1, -0.05) is 13.3 Å². The summed E-state index contributed by atoms with van der Waals surface area (Å²) in [6, 6.07) is 3.83. The summed E-state index contributed by atoms with van der Waals surface area (Å²) in [5, 5.41) is 6.99. The van der Waals surface area contributed by atoms with Crippen molar-refractivity contribution in [1.29, 1.82) is 0 Å². The Kier molecular flexibility index (Phi) is 6.32. The molecule has 2 N–H and O–H groups in total. The van der Waals surface area contributed by atoms with E-state index in [-0.39, 0.29) is 0 Å². The number of pyridine rings is 1. The first-order valence-corrected chi connectivity index (χ1v) is 6.17. The van der Waals surface area contributed by atoms with Crippen LogP contribution in [0, 0.1) is 0 Å². The van der Waals surface area contributed by atoms with Gasteiger partial charge in [0.15, 0.2) is 5.11 Å². The summed E-state index contributed by atoms with van der Waals surface area (Å²) in [6.07, 6.45) is 4.02. The van der Waals surface area contributed by atoms with Gasteiger partial charge in [-0.2, -0.15) is 0 Å². The molecule has 0 saturated heterocycles. The van der Waals surface area contributed by atoms with Gasteiger partial charge in [0.2, 0.25) is 5.88 Å². The summed E-state index contributed by atoms with van der Waals surface area (Å²) >= 11 is 5.16. The van der Waals surface area contributed by atoms with Crippen molar-refractivity contribution in [2.24, 2.45) is 0 Å². The zero-order chi connectivity index (χ0) is 12.5. The van der Waals surface area contributed by atoms with E-state index in [9.17, 15) is 0 Å². The van der Waals surface area contributed by atoms with E-state index in [0.717, 1.165) is 24.9 Å². The highest BCUT2D eigenvalue weighted by molar-refractivity contribution is 7.80. The van der Waals surface area contributed by atoms with E-state index in [2.05, 4.69) is 22.5 Å². The van der Waals surface area contributed by atoms with E-state index in [1.54, 1.807) is 13.3 Å². The standard InChI is InChI=1S/C12H19N3OS/c1-3-4-6-14-12(17)15-9-10-5-7-13-11(8-10)16-2/h5,7-8H,3-4,6,9H2,1-2H3,(H2,14,15,17). The highest BCUT2D eigenvalue weighted by atomic mass is 32.1. The second-order valence-electron chi connectivity index (χ2n) is 3.67. The topological polar surface area (TPSA) is 46.2 Å². The van der Waals surface area contributed by atoms with E-state index in [1.807, 2.05) is 12.1 Å². The fourth-order valence-corrected chi connectivity index (χ4v) is 1.47. The van der Waals surface area contributed by atoms with Gasteiger partial charge in [0.25, 0.3) is 0 Å². The molecule has 0 amide bonds. The van der Waals surface area contributed by atoms with E-state index in [4.69, 9.17) is 17.0 Å². The lowest BCUT2D eigenvalue weighted by Gasteiger charge is -2.10. The molecule has 0 atom stereocenters. The molecular weight excluding hydrogens is 234 g/mol. The molecule has 1 aromatic heterocycles. The number of nitrogens with zero attached hydrogens (tertiary/aromatic N) is 1. The number of hydrogen-bond acceptors (Lipinski definition) is 3. The summed E-state index contributed by atoms with van der Waals surface area (Å²) < 4.78 is 5.05. The molecule has 0 fully saturated rings. The van der Waals surface area contributed by atoms with Crippen molar-refractivity contribution in [3.8, 4) is 5.88 Å². The number of aromatic nitrogens is 1. The maximum Gasteiger partial charge on any atom is 0.213 e. The van der Waals surface area contributed by atoms with Crippen molar-refractivity contribution in [2.75, 3.05) is 13.7 Å². The van der Waals surface area contributed by atoms with Crippen LogP contribution in [-0.2, 0) is 6.54 Å². The molecule has 0 unspecified atom stereocenters. The molecule has 17 heavy (non-hydrogen) atoms. The fourth-order valence-electron chi connectivity index (χ4n) is 1.30. The van der Waals surface area contributed by atoms with E-state index in [1.165, 1.54) is 0 Å². The Morgan fingerprint density at radius 2 is 2.29 bits per heavy atom. The average molecular weight is 253 g/mol. The third-order valence-electron chi connectivity index (χ3n) is 2.28. The summed E-state index contributed by atoms with van der Waals surface area (Å²) in [7, 11) is 1.61. The summed E-state index contributed by atoms with van der Waals surface area (Å²) in [4.78, 5) is 4.05. The Morgan fingerprint density at radius 1 is 1.47 bits per heavy atom.